The molecule has 0 aromatic carbocycles. The fourth-order valence-electron chi connectivity index (χ4n) is 4.59. The highest BCUT2D eigenvalue weighted by molar-refractivity contribution is 5.95. The normalized spacial score (nSPS) is 14.9. The third-order valence-electron chi connectivity index (χ3n) is 7.13. The van der Waals surface area contributed by atoms with Crippen LogP contribution in [0.5, 0.6) is 0 Å². The van der Waals surface area contributed by atoms with Crippen LogP contribution in [-0.2, 0) is 0 Å². The Kier molecular flexibility index (Phi) is 5.83. The molecule has 38 heavy (non-hydrogen) atoms. The van der Waals surface area contributed by atoms with Gasteiger partial charge in [-0.1, -0.05) is 27.4 Å². The Morgan fingerprint density at radius 3 is 2.58 bits per heavy atom. The van der Waals surface area contributed by atoms with Gasteiger partial charge in [0.25, 0.3) is 0 Å². The average Bonchev–Trinajstić information content (AvgIpc) is 3.52. The Morgan fingerprint density at radius 2 is 1.79 bits per heavy atom. The van der Waals surface area contributed by atoms with Crippen LogP contribution in [0.2, 0.25) is 0 Å². The van der Waals surface area contributed by atoms with Gasteiger partial charge in [0.2, 0.25) is 0 Å². The summed E-state index contributed by atoms with van der Waals surface area (Å²) in [6.45, 7) is 14.5. The quantitative estimate of drug-likeness (QED) is 0.313. The minimum atomic E-state index is -0.0617. The molecule has 194 valence electrons. The lowest BCUT2D eigenvalue weighted by Crippen LogP contribution is -2.44. The molecule has 0 radical (unpaired) electrons. The van der Waals surface area contributed by atoms with E-state index in [1.807, 2.05) is 18.6 Å². The molecular weight excluding hydrogens is 476 g/mol. The van der Waals surface area contributed by atoms with Gasteiger partial charge in [0, 0.05) is 67.0 Å². The molecule has 10 nitrogen and oxygen atoms in total. The molecule has 0 atom stereocenters. The SMILES string of the molecule is C=C(Nc1cncc(-c2cnc3n[nH]c(-c4nc5nccc(N6CCN(C)CC6)c5[nH]4)c3c2)c1)C(C)(C)C. The first-order chi connectivity index (χ1) is 18.3. The van der Waals surface area contributed by atoms with Crippen LogP contribution in [0.15, 0.2) is 55.3 Å². The van der Waals surface area contributed by atoms with Gasteiger partial charge >= 0.3 is 0 Å². The van der Waals surface area contributed by atoms with Crippen LogP contribution in [0.1, 0.15) is 20.8 Å². The van der Waals surface area contributed by atoms with Gasteiger partial charge in [0.1, 0.15) is 11.2 Å². The van der Waals surface area contributed by atoms with Crippen LogP contribution in [0.4, 0.5) is 11.4 Å². The first-order valence-corrected chi connectivity index (χ1v) is 12.8. The van der Waals surface area contributed by atoms with Gasteiger partial charge in [-0.05, 0) is 25.2 Å². The third kappa shape index (κ3) is 4.47. The van der Waals surface area contributed by atoms with E-state index in [1.54, 1.807) is 6.20 Å². The van der Waals surface area contributed by atoms with Crippen molar-refractivity contribution in [3.8, 4) is 22.6 Å². The molecule has 1 aliphatic heterocycles. The molecule has 5 aromatic heterocycles. The standard InChI is InChI=1S/C28H32N10/c1-17(28(2,3)4)32-20-12-18(14-29-16-20)19-13-21-23(35-36-25(21)31-15-19)27-33-24-22(6-7-30-26(24)34-27)38-10-8-37(5)9-11-38/h6-7,12-16,32H,1,8-11H2,2-5H3,(H,30,33,34)(H,31,35,36). The second-order valence-corrected chi connectivity index (χ2v) is 10.9. The molecule has 1 aliphatic rings. The van der Waals surface area contributed by atoms with Gasteiger partial charge in [0.15, 0.2) is 17.1 Å². The minimum absolute atomic E-state index is 0.0617. The van der Waals surface area contributed by atoms with Crippen molar-refractivity contribution in [3.63, 3.8) is 0 Å². The van der Waals surface area contributed by atoms with Gasteiger partial charge in [-0.2, -0.15) is 5.10 Å². The molecule has 6 heterocycles. The van der Waals surface area contributed by atoms with Crippen molar-refractivity contribution in [2.75, 3.05) is 43.4 Å². The third-order valence-corrected chi connectivity index (χ3v) is 7.13. The molecule has 6 rings (SSSR count). The Bertz CT molecular complexity index is 1630. The number of allylic oxidation sites excluding steroid dienone is 1. The molecule has 1 fully saturated rings. The Morgan fingerprint density at radius 1 is 1.00 bits per heavy atom. The second-order valence-electron chi connectivity index (χ2n) is 10.9. The van der Waals surface area contributed by atoms with Crippen LogP contribution in [0.3, 0.4) is 0 Å². The van der Waals surface area contributed by atoms with E-state index in [2.05, 4.69) is 97.8 Å². The zero-order chi connectivity index (χ0) is 26.4. The van der Waals surface area contributed by atoms with Crippen LogP contribution >= 0.6 is 0 Å². The molecule has 1 saturated heterocycles. The lowest BCUT2D eigenvalue weighted by atomic mass is 9.93. The van der Waals surface area contributed by atoms with E-state index >= 15 is 0 Å². The predicted molar refractivity (Wildman–Crippen MR) is 152 cm³/mol. The topological polar surface area (TPSA) is 115 Å². The van der Waals surface area contributed by atoms with E-state index < -0.39 is 0 Å². The smallest absolute Gasteiger partial charge is 0.181 e. The van der Waals surface area contributed by atoms with Crippen molar-refractivity contribution in [1.29, 1.82) is 0 Å². The van der Waals surface area contributed by atoms with Crippen molar-refractivity contribution in [2.24, 2.45) is 5.41 Å². The van der Waals surface area contributed by atoms with Gasteiger partial charge in [-0.25, -0.2) is 15.0 Å². The molecule has 0 spiro atoms. The van der Waals surface area contributed by atoms with E-state index in [9.17, 15) is 0 Å². The number of aromatic nitrogens is 7. The zero-order valence-corrected chi connectivity index (χ0v) is 22.2. The van der Waals surface area contributed by atoms with Crippen LogP contribution < -0.4 is 10.2 Å². The number of likely N-dealkylation sites (N-methyl/N-ethyl adjacent to an activating group) is 1. The lowest BCUT2D eigenvalue weighted by molar-refractivity contribution is 0.313. The van der Waals surface area contributed by atoms with Gasteiger partial charge in [-0.3, -0.25) is 10.1 Å². The second kappa shape index (κ2) is 9.21. The molecule has 0 amide bonds. The number of hydrogen-bond donors (Lipinski definition) is 3. The molecule has 0 unspecified atom stereocenters. The molecule has 0 bridgehead atoms. The molecule has 0 aliphatic carbocycles. The highest BCUT2D eigenvalue weighted by atomic mass is 15.3. The first kappa shape index (κ1) is 24.1. The summed E-state index contributed by atoms with van der Waals surface area (Å²) in [6.07, 6.45) is 7.28. The van der Waals surface area contributed by atoms with Crippen molar-refractivity contribution in [1.82, 2.24) is 40.0 Å². The zero-order valence-electron chi connectivity index (χ0n) is 22.2. The number of nitrogens with one attached hydrogen (secondary N) is 3. The van der Waals surface area contributed by atoms with Crippen molar-refractivity contribution in [2.45, 2.75) is 20.8 Å². The Hall–Kier alpha value is -4.31. The number of hydrogen-bond acceptors (Lipinski definition) is 8. The number of piperazine rings is 1. The lowest BCUT2D eigenvalue weighted by Gasteiger charge is -2.34. The molecule has 3 N–H and O–H groups in total. The van der Waals surface area contributed by atoms with Crippen molar-refractivity contribution >= 4 is 33.6 Å². The summed E-state index contributed by atoms with van der Waals surface area (Å²) >= 11 is 0. The van der Waals surface area contributed by atoms with E-state index in [-0.39, 0.29) is 5.41 Å². The maximum Gasteiger partial charge on any atom is 0.181 e. The van der Waals surface area contributed by atoms with E-state index in [0.29, 0.717) is 17.1 Å². The van der Waals surface area contributed by atoms with E-state index in [0.717, 1.165) is 71.0 Å². The Balaban J connectivity index is 1.35. The average molecular weight is 509 g/mol. The monoisotopic (exact) mass is 508 g/mol. The fraction of sp³-hybridized carbons (Fsp3) is 0.321. The number of pyridine rings is 3. The van der Waals surface area contributed by atoms with Crippen LogP contribution in [-0.4, -0.2) is 73.2 Å². The maximum absolute atomic E-state index is 4.81. The maximum atomic E-state index is 4.81. The summed E-state index contributed by atoms with van der Waals surface area (Å²) in [6, 6.07) is 6.19. The van der Waals surface area contributed by atoms with Crippen molar-refractivity contribution < 1.29 is 0 Å². The highest BCUT2D eigenvalue weighted by Gasteiger charge is 2.21. The number of nitrogens with zero attached hydrogens (tertiary/aromatic N) is 7. The van der Waals surface area contributed by atoms with Crippen LogP contribution in [0.25, 0.3) is 44.8 Å². The predicted octanol–water partition coefficient (Wildman–Crippen LogP) is 4.68. The molecule has 0 saturated carbocycles. The van der Waals surface area contributed by atoms with Gasteiger partial charge in [-0.15, -0.1) is 0 Å². The first-order valence-electron chi connectivity index (χ1n) is 12.8. The minimum Gasteiger partial charge on any atom is -0.367 e. The fourth-order valence-corrected chi connectivity index (χ4v) is 4.59. The number of anilines is 2. The molecule has 5 aromatic rings. The molecular formula is C28H32N10. The van der Waals surface area contributed by atoms with Crippen LogP contribution in [0, 0.1) is 5.41 Å². The summed E-state index contributed by atoms with van der Waals surface area (Å²) in [5.74, 6) is 0.686. The van der Waals surface area contributed by atoms with Gasteiger partial charge in [0.05, 0.1) is 23.0 Å². The van der Waals surface area contributed by atoms with E-state index in [1.165, 1.54) is 0 Å². The number of aromatic amines is 2. The summed E-state index contributed by atoms with van der Waals surface area (Å²) in [5.41, 5.74) is 7.77. The highest BCUT2D eigenvalue weighted by Crippen LogP contribution is 2.32. The number of imidazole rings is 1. The Labute approximate surface area is 221 Å². The van der Waals surface area contributed by atoms with E-state index in [4.69, 9.17) is 4.98 Å². The summed E-state index contributed by atoms with van der Waals surface area (Å²) in [4.78, 5) is 26.6. The largest absolute Gasteiger partial charge is 0.367 e. The molecule has 10 heteroatoms. The number of H-pyrrole nitrogens is 2. The summed E-state index contributed by atoms with van der Waals surface area (Å²) < 4.78 is 0. The summed E-state index contributed by atoms with van der Waals surface area (Å²) in [7, 11) is 2.16. The van der Waals surface area contributed by atoms with Crippen molar-refractivity contribution in [3.05, 3.63) is 55.3 Å². The van der Waals surface area contributed by atoms with Gasteiger partial charge < -0.3 is 20.1 Å². The number of rotatable bonds is 5. The summed E-state index contributed by atoms with van der Waals surface area (Å²) in [5, 5.41) is 11.8. The number of fused-ring (bicyclic) bond motifs is 2.